The van der Waals surface area contributed by atoms with Gasteiger partial charge in [-0.05, 0) is 61.1 Å². The summed E-state index contributed by atoms with van der Waals surface area (Å²) in [6, 6.07) is 9.86. The number of ether oxygens (including phenoxy) is 1. The molecule has 1 aromatic heterocycles. The van der Waals surface area contributed by atoms with E-state index in [9.17, 15) is 9.59 Å². The second kappa shape index (κ2) is 8.60. The average molecular weight is 397 g/mol. The summed E-state index contributed by atoms with van der Waals surface area (Å²) in [6.07, 6.45) is 9.68. The molecule has 0 N–H and O–H groups in total. The first-order valence-corrected chi connectivity index (χ1v) is 11.3. The molecule has 28 heavy (non-hydrogen) atoms. The van der Waals surface area contributed by atoms with E-state index in [1.807, 2.05) is 18.2 Å². The summed E-state index contributed by atoms with van der Waals surface area (Å²) >= 11 is 1.52. The van der Waals surface area contributed by atoms with Crippen LogP contribution in [0.1, 0.15) is 87.4 Å². The Morgan fingerprint density at radius 3 is 2.57 bits per heavy atom. The van der Waals surface area contributed by atoms with E-state index in [0.717, 1.165) is 12.8 Å². The maximum Gasteiger partial charge on any atom is 0.348 e. The highest BCUT2D eigenvalue weighted by Crippen LogP contribution is 2.33. The fraction of sp³-hybridized carbons (Fsp3) is 0.500. The molecule has 148 valence electrons. The van der Waals surface area contributed by atoms with Crippen molar-refractivity contribution in [3.63, 3.8) is 0 Å². The fourth-order valence-electron chi connectivity index (χ4n) is 4.47. The first kappa shape index (κ1) is 19.4. The van der Waals surface area contributed by atoms with Crippen molar-refractivity contribution < 1.29 is 14.3 Å². The van der Waals surface area contributed by atoms with E-state index in [0.29, 0.717) is 22.3 Å². The Labute approximate surface area is 171 Å². The maximum atomic E-state index is 12.4. The van der Waals surface area contributed by atoms with Gasteiger partial charge in [0.05, 0.1) is 0 Å². The van der Waals surface area contributed by atoms with Crippen molar-refractivity contribution in [1.82, 2.24) is 0 Å². The van der Waals surface area contributed by atoms with E-state index < -0.39 is 0 Å². The van der Waals surface area contributed by atoms with Crippen molar-refractivity contribution in [2.75, 3.05) is 6.61 Å². The van der Waals surface area contributed by atoms with Crippen molar-refractivity contribution in [1.29, 1.82) is 0 Å². The van der Waals surface area contributed by atoms with Crippen molar-refractivity contribution in [3.05, 3.63) is 56.8 Å². The van der Waals surface area contributed by atoms with Gasteiger partial charge in [-0.25, -0.2) is 4.79 Å². The van der Waals surface area contributed by atoms with Gasteiger partial charge in [0.1, 0.15) is 4.88 Å². The van der Waals surface area contributed by atoms with Gasteiger partial charge in [-0.1, -0.05) is 50.5 Å². The second-order valence-corrected chi connectivity index (χ2v) is 9.50. The van der Waals surface area contributed by atoms with E-state index >= 15 is 0 Å². The number of carbonyl (C=O) groups excluding carboxylic acids is 2. The smallest absolute Gasteiger partial charge is 0.348 e. The van der Waals surface area contributed by atoms with Gasteiger partial charge in [0.2, 0.25) is 0 Å². The zero-order chi connectivity index (χ0) is 19.5. The molecule has 3 nitrogen and oxygen atoms in total. The molecule has 4 rings (SSSR count). The van der Waals surface area contributed by atoms with Gasteiger partial charge in [-0.15, -0.1) is 11.3 Å². The summed E-state index contributed by atoms with van der Waals surface area (Å²) in [5, 5.41) is 0. The van der Waals surface area contributed by atoms with Crippen LogP contribution >= 0.6 is 11.3 Å². The molecule has 2 aliphatic rings. The molecule has 0 bridgehead atoms. The van der Waals surface area contributed by atoms with Crippen LogP contribution in [0.2, 0.25) is 0 Å². The summed E-state index contributed by atoms with van der Waals surface area (Å²) in [5.74, 6) is 0.783. The van der Waals surface area contributed by atoms with Crippen molar-refractivity contribution >= 4 is 23.1 Å². The number of hydrogen-bond acceptors (Lipinski definition) is 4. The molecule has 1 aromatic carbocycles. The molecule has 0 radical (unpaired) electrons. The molecule has 2 aromatic rings. The summed E-state index contributed by atoms with van der Waals surface area (Å²) in [6.45, 7) is 2.05. The van der Waals surface area contributed by atoms with Gasteiger partial charge in [-0.3, -0.25) is 4.79 Å². The number of esters is 1. The quantitative estimate of drug-likeness (QED) is 0.462. The van der Waals surface area contributed by atoms with Gasteiger partial charge in [0.15, 0.2) is 12.4 Å². The van der Waals surface area contributed by atoms with Crippen LogP contribution in [0.25, 0.3) is 0 Å². The van der Waals surface area contributed by atoms with E-state index in [1.54, 1.807) is 0 Å². The molecule has 1 atom stereocenters. The number of Topliss-reactive ketones (excluding diaryl/α,β-unsaturated/α-hetero) is 1. The van der Waals surface area contributed by atoms with Crippen LogP contribution < -0.4 is 0 Å². The normalized spacial score (nSPS) is 19.8. The minimum absolute atomic E-state index is 0.140. The predicted octanol–water partition coefficient (Wildman–Crippen LogP) is 5.96. The van der Waals surface area contributed by atoms with E-state index in [1.165, 1.54) is 65.9 Å². The topological polar surface area (TPSA) is 43.4 Å². The van der Waals surface area contributed by atoms with Crippen LogP contribution in [-0.2, 0) is 17.6 Å². The maximum absolute atomic E-state index is 12.4. The highest BCUT2D eigenvalue weighted by molar-refractivity contribution is 7.14. The number of carbonyl (C=O) groups is 2. The van der Waals surface area contributed by atoms with Crippen LogP contribution in [0.3, 0.4) is 0 Å². The molecule has 1 saturated carbocycles. The number of thiophene rings is 1. The fourth-order valence-corrected chi connectivity index (χ4v) is 5.57. The molecular formula is C24H28O3S. The highest BCUT2D eigenvalue weighted by atomic mass is 32.1. The Bertz CT molecular complexity index is 843. The van der Waals surface area contributed by atoms with Crippen molar-refractivity contribution in [2.45, 2.75) is 64.2 Å². The lowest BCUT2D eigenvalue weighted by molar-refractivity contribution is 0.0479. The minimum Gasteiger partial charge on any atom is -0.453 e. The van der Waals surface area contributed by atoms with Crippen LogP contribution in [0.15, 0.2) is 30.3 Å². The molecule has 0 spiro atoms. The van der Waals surface area contributed by atoms with Crippen LogP contribution in [-0.4, -0.2) is 18.4 Å². The van der Waals surface area contributed by atoms with Gasteiger partial charge in [0, 0.05) is 10.4 Å². The summed E-state index contributed by atoms with van der Waals surface area (Å²) in [7, 11) is 0. The molecule has 2 aliphatic carbocycles. The Hall–Kier alpha value is -1.94. The predicted molar refractivity (Wildman–Crippen MR) is 112 cm³/mol. The molecule has 4 heteroatoms. The molecule has 1 heterocycles. The molecule has 0 amide bonds. The van der Waals surface area contributed by atoms with Gasteiger partial charge in [0.25, 0.3) is 0 Å². The van der Waals surface area contributed by atoms with E-state index in [2.05, 4.69) is 19.1 Å². The van der Waals surface area contributed by atoms with Gasteiger partial charge < -0.3 is 4.74 Å². The zero-order valence-corrected chi connectivity index (χ0v) is 17.4. The molecular weight excluding hydrogens is 368 g/mol. The van der Waals surface area contributed by atoms with Gasteiger partial charge >= 0.3 is 5.97 Å². The third-order valence-electron chi connectivity index (χ3n) is 6.17. The highest BCUT2D eigenvalue weighted by Gasteiger charge is 2.22. The Balaban J connectivity index is 1.33. The second-order valence-electron chi connectivity index (χ2n) is 8.36. The lowest BCUT2D eigenvalue weighted by Crippen LogP contribution is -2.14. The number of rotatable bonds is 5. The van der Waals surface area contributed by atoms with Crippen LogP contribution in [0.4, 0.5) is 0 Å². The van der Waals surface area contributed by atoms with Gasteiger partial charge in [-0.2, -0.15) is 0 Å². The Morgan fingerprint density at radius 1 is 1.07 bits per heavy atom. The monoisotopic (exact) mass is 396 g/mol. The minimum atomic E-state index is -0.376. The largest absolute Gasteiger partial charge is 0.453 e. The number of aryl methyl sites for hydroxylation is 1. The lowest BCUT2D eigenvalue weighted by atomic mass is 9.84. The van der Waals surface area contributed by atoms with Crippen LogP contribution in [0, 0.1) is 5.92 Å². The Kier molecular flexibility index (Phi) is 5.96. The third kappa shape index (κ3) is 4.38. The van der Waals surface area contributed by atoms with Crippen molar-refractivity contribution in [2.24, 2.45) is 5.92 Å². The molecule has 0 unspecified atom stereocenters. The van der Waals surface area contributed by atoms with E-state index in [4.69, 9.17) is 4.74 Å². The standard InChI is InChI=1S/C24H28O3S/c1-16-7-12-22-20(13-16)14-23(28-22)24(26)27-15-21(25)19-10-8-18(9-11-19)17-5-3-2-4-6-17/h8-11,14,16-17H,2-7,12-13,15H2,1H3/t16-/m1/s1. The van der Waals surface area contributed by atoms with Crippen molar-refractivity contribution in [3.8, 4) is 0 Å². The molecule has 0 saturated heterocycles. The van der Waals surface area contributed by atoms with E-state index in [-0.39, 0.29) is 18.4 Å². The zero-order valence-electron chi connectivity index (χ0n) is 16.5. The number of fused-ring (bicyclic) bond motifs is 1. The third-order valence-corrected chi connectivity index (χ3v) is 7.39. The summed E-state index contributed by atoms with van der Waals surface area (Å²) < 4.78 is 5.32. The van der Waals surface area contributed by atoms with Crippen LogP contribution in [0.5, 0.6) is 0 Å². The SMILES string of the molecule is C[C@@H]1CCc2sc(C(=O)OCC(=O)c3ccc(C4CCCCC4)cc3)cc2C1. The lowest BCUT2D eigenvalue weighted by Gasteiger charge is -2.22. The number of ketones is 1. The summed E-state index contributed by atoms with van der Waals surface area (Å²) in [5.41, 5.74) is 3.22. The number of hydrogen-bond donors (Lipinski definition) is 0. The average Bonchev–Trinajstić information content (AvgIpc) is 3.16. The molecule has 0 aliphatic heterocycles. The number of benzene rings is 1. The first-order chi connectivity index (χ1) is 13.6. The summed E-state index contributed by atoms with van der Waals surface area (Å²) in [4.78, 5) is 26.7. The first-order valence-electron chi connectivity index (χ1n) is 10.5. The Morgan fingerprint density at radius 2 is 1.82 bits per heavy atom. The molecule has 1 fully saturated rings.